The number of hydrogen-bond donors (Lipinski definition) is 1. The fourth-order valence-electron chi connectivity index (χ4n) is 2.38. The highest BCUT2D eigenvalue weighted by molar-refractivity contribution is 5.79. The van der Waals surface area contributed by atoms with Crippen molar-refractivity contribution in [2.75, 3.05) is 20.3 Å². The van der Waals surface area contributed by atoms with Gasteiger partial charge in [0.05, 0.1) is 12.1 Å². The number of ether oxygens (including phenoxy) is 1. The molecule has 0 bridgehead atoms. The molecule has 0 fully saturated rings. The Bertz CT molecular complexity index is 568. The van der Waals surface area contributed by atoms with Gasteiger partial charge in [-0.05, 0) is 43.5 Å². The first-order valence-corrected chi connectivity index (χ1v) is 7.21. The Labute approximate surface area is 121 Å². The van der Waals surface area contributed by atoms with E-state index in [0.717, 1.165) is 24.4 Å². The molecule has 1 aromatic heterocycles. The number of methoxy groups -OCH3 is 1. The minimum absolute atomic E-state index is 0.418. The van der Waals surface area contributed by atoms with Crippen LogP contribution in [0.1, 0.15) is 31.0 Å². The average molecular weight is 272 g/mol. The minimum Gasteiger partial charge on any atom is -0.383 e. The summed E-state index contributed by atoms with van der Waals surface area (Å²) >= 11 is 0. The zero-order valence-corrected chi connectivity index (χ0v) is 12.8. The van der Waals surface area contributed by atoms with Gasteiger partial charge in [0.2, 0.25) is 0 Å². The summed E-state index contributed by atoms with van der Waals surface area (Å²) in [6.45, 7) is 8.14. The molecule has 2 aromatic rings. The lowest BCUT2D eigenvalue weighted by atomic mass is 9.93. The molecule has 0 spiro atoms. The van der Waals surface area contributed by atoms with Crippen LogP contribution in [-0.2, 0) is 4.74 Å². The first-order valence-electron chi connectivity index (χ1n) is 7.21. The average Bonchev–Trinajstić information content (AvgIpc) is 2.46. The van der Waals surface area contributed by atoms with Gasteiger partial charge in [0.1, 0.15) is 0 Å². The van der Waals surface area contributed by atoms with Crippen molar-refractivity contribution in [2.45, 2.75) is 32.7 Å². The first kappa shape index (κ1) is 14.9. The van der Waals surface area contributed by atoms with Gasteiger partial charge >= 0.3 is 0 Å². The molecule has 108 valence electrons. The van der Waals surface area contributed by atoms with E-state index in [4.69, 9.17) is 4.74 Å². The van der Waals surface area contributed by atoms with Crippen molar-refractivity contribution >= 4 is 10.9 Å². The maximum atomic E-state index is 5.08. The molecule has 1 N–H and O–H groups in total. The van der Waals surface area contributed by atoms with Gasteiger partial charge in [-0.1, -0.05) is 19.1 Å². The van der Waals surface area contributed by atoms with E-state index in [1.807, 2.05) is 6.92 Å². The molecule has 2 rings (SSSR count). The third-order valence-electron chi connectivity index (χ3n) is 3.90. The highest BCUT2D eigenvalue weighted by atomic mass is 16.5. The highest BCUT2D eigenvalue weighted by Crippen LogP contribution is 2.23. The molecule has 3 heteroatoms. The Balaban J connectivity index is 2.13. The summed E-state index contributed by atoms with van der Waals surface area (Å²) < 4.78 is 5.08. The molecule has 0 radical (unpaired) electrons. The summed E-state index contributed by atoms with van der Waals surface area (Å²) in [5.74, 6) is 0.456. The second kappa shape index (κ2) is 6.82. The first-order chi connectivity index (χ1) is 9.61. The van der Waals surface area contributed by atoms with Gasteiger partial charge in [0, 0.05) is 30.8 Å². The summed E-state index contributed by atoms with van der Waals surface area (Å²) in [6, 6.07) is 11.2. The monoisotopic (exact) mass is 272 g/mol. The number of fused-ring (bicyclic) bond motifs is 1. The van der Waals surface area contributed by atoms with Crippen LogP contribution >= 0.6 is 0 Å². The summed E-state index contributed by atoms with van der Waals surface area (Å²) in [6.07, 6.45) is 0. The van der Waals surface area contributed by atoms with Crippen LogP contribution in [-0.4, -0.2) is 31.3 Å². The molecule has 0 aliphatic carbocycles. The van der Waals surface area contributed by atoms with Crippen molar-refractivity contribution in [3.05, 3.63) is 41.6 Å². The molecular formula is C17H24N2O. The van der Waals surface area contributed by atoms with Crippen molar-refractivity contribution < 1.29 is 4.74 Å². The second-order valence-corrected chi connectivity index (χ2v) is 5.43. The summed E-state index contributed by atoms with van der Waals surface area (Å²) in [5, 5.41) is 4.71. The van der Waals surface area contributed by atoms with Crippen LogP contribution in [0.2, 0.25) is 0 Å². The molecule has 20 heavy (non-hydrogen) atoms. The number of benzene rings is 1. The van der Waals surface area contributed by atoms with Gasteiger partial charge in [-0.2, -0.15) is 0 Å². The van der Waals surface area contributed by atoms with E-state index in [0.29, 0.717) is 12.0 Å². The fourth-order valence-corrected chi connectivity index (χ4v) is 2.38. The van der Waals surface area contributed by atoms with Crippen molar-refractivity contribution in [3.63, 3.8) is 0 Å². The molecule has 0 amide bonds. The zero-order chi connectivity index (χ0) is 14.5. The van der Waals surface area contributed by atoms with Gasteiger partial charge in [-0.3, -0.25) is 4.98 Å². The molecule has 0 aliphatic rings. The fraction of sp³-hybridized carbons (Fsp3) is 0.471. The molecule has 3 nitrogen and oxygen atoms in total. The number of pyridine rings is 1. The molecule has 0 aliphatic heterocycles. The lowest BCUT2D eigenvalue weighted by molar-refractivity contribution is 0.195. The number of rotatable bonds is 6. The van der Waals surface area contributed by atoms with E-state index in [1.54, 1.807) is 7.11 Å². The Morgan fingerprint density at radius 2 is 2.00 bits per heavy atom. The van der Waals surface area contributed by atoms with Gasteiger partial charge in [-0.25, -0.2) is 0 Å². The maximum absolute atomic E-state index is 5.08. The predicted molar refractivity (Wildman–Crippen MR) is 84.2 cm³/mol. The van der Waals surface area contributed by atoms with Crippen molar-refractivity contribution in [3.8, 4) is 0 Å². The van der Waals surface area contributed by atoms with E-state index >= 15 is 0 Å². The number of aromatic nitrogens is 1. The smallest absolute Gasteiger partial charge is 0.0705 e. The third kappa shape index (κ3) is 3.56. The lowest BCUT2D eigenvalue weighted by Gasteiger charge is -2.22. The maximum Gasteiger partial charge on any atom is 0.0705 e. The van der Waals surface area contributed by atoms with Crippen LogP contribution in [0.25, 0.3) is 10.9 Å². The second-order valence-electron chi connectivity index (χ2n) is 5.43. The number of nitrogens with zero attached hydrogens (tertiary/aromatic N) is 1. The number of hydrogen-bond acceptors (Lipinski definition) is 3. The predicted octanol–water partition coefficient (Wildman–Crippen LogP) is 3.27. The number of aryl methyl sites for hydroxylation is 1. The van der Waals surface area contributed by atoms with Gasteiger partial charge < -0.3 is 10.1 Å². The topological polar surface area (TPSA) is 34.1 Å². The quantitative estimate of drug-likeness (QED) is 0.820. The largest absolute Gasteiger partial charge is 0.383 e. The molecule has 0 saturated carbocycles. The summed E-state index contributed by atoms with van der Waals surface area (Å²) in [5.41, 5.74) is 3.48. The Morgan fingerprint density at radius 1 is 1.20 bits per heavy atom. The summed E-state index contributed by atoms with van der Waals surface area (Å²) in [7, 11) is 1.73. The Hall–Kier alpha value is -1.45. The molecule has 0 saturated heterocycles. The molecule has 2 atom stereocenters. The van der Waals surface area contributed by atoms with E-state index in [9.17, 15) is 0 Å². The van der Waals surface area contributed by atoms with E-state index < -0.39 is 0 Å². The van der Waals surface area contributed by atoms with Crippen LogP contribution in [0, 0.1) is 6.92 Å². The van der Waals surface area contributed by atoms with Gasteiger partial charge in [-0.15, -0.1) is 0 Å². The molecular weight excluding hydrogens is 248 g/mol. The van der Waals surface area contributed by atoms with E-state index in [1.165, 1.54) is 10.9 Å². The van der Waals surface area contributed by atoms with Crippen LogP contribution in [0.5, 0.6) is 0 Å². The van der Waals surface area contributed by atoms with E-state index in [-0.39, 0.29) is 0 Å². The molecule has 1 heterocycles. The number of nitrogens with one attached hydrogen (secondary N) is 1. The van der Waals surface area contributed by atoms with Gasteiger partial charge in [0.25, 0.3) is 0 Å². The van der Waals surface area contributed by atoms with Crippen LogP contribution in [0.3, 0.4) is 0 Å². The van der Waals surface area contributed by atoms with Crippen LogP contribution in [0.15, 0.2) is 30.3 Å². The normalized spacial score (nSPS) is 14.4. The molecule has 1 aromatic carbocycles. The SMILES string of the molecule is COCCNC(C)C(C)c1ccc2nc(C)ccc2c1. The van der Waals surface area contributed by atoms with Crippen LogP contribution in [0.4, 0.5) is 0 Å². The highest BCUT2D eigenvalue weighted by Gasteiger charge is 2.14. The van der Waals surface area contributed by atoms with Gasteiger partial charge in [0.15, 0.2) is 0 Å². The molecule has 2 unspecified atom stereocenters. The van der Waals surface area contributed by atoms with Crippen LogP contribution < -0.4 is 5.32 Å². The summed E-state index contributed by atoms with van der Waals surface area (Å²) in [4.78, 5) is 4.55. The van der Waals surface area contributed by atoms with Crippen molar-refractivity contribution in [1.82, 2.24) is 10.3 Å². The van der Waals surface area contributed by atoms with Crippen molar-refractivity contribution in [2.24, 2.45) is 0 Å². The standard InChI is InChI=1S/C17H24N2O/c1-12-5-6-16-11-15(7-8-17(16)19-12)13(2)14(3)18-9-10-20-4/h5-8,11,13-14,18H,9-10H2,1-4H3. The third-order valence-corrected chi connectivity index (χ3v) is 3.90. The Kier molecular flexibility index (Phi) is 5.10. The van der Waals surface area contributed by atoms with Crippen molar-refractivity contribution in [1.29, 1.82) is 0 Å². The minimum atomic E-state index is 0.418. The Morgan fingerprint density at radius 3 is 2.75 bits per heavy atom. The lowest BCUT2D eigenvalue weighted by Crippen LogP contribution is -2.33. The van der Waals surface area contributed by atoms with E-state index in [2.05, 4.69) is 54.5 Å². The zero-order valence-electron chi connectivity index (χ0n) is 12.8.